The minimum atomic E-state index is -0.439. The molecule has 104 valence electrons. The van der Waals surface area contributed by atoms with Crippen LogP contribution < -0.4 is 5.32 Å². The van der Waals surface area contributed by atoms with Crippen molar-refractivity contribution in [1.29, 1.82) is 0 Å². The van der Waals surface area contributed by atoms with Gasteiger partial charge in [0.1, 0.15) is 0 Å². The first-order valence-corrected chi connectivity index (χ1v) is 7.20. The Morgan fingerprint density at radius 2 is 1.55 bits per heavy atom. The number of aliphatic hydroxyl groups is 1. The third kappa shape index (κ3) is 4.11. The van der Waals surface area contributed by atoms with Gasteiger partial charge in [0.15, 0.2) is 0 Å². The molecule has 2 aromatic rings. The lowest BCUT2D eigenvalue weighted by Crippen LogP contribution is -2.05. The molecular formula is C16H17NO2S. The van der Waals surface area contributed by atoms with E-state index in [1.807, 2.05) is 48.5 Å². The summed E-state index contributed by atoms with van der Waals surface area (Å²) in [4.78, 5) is 13.2. The molecule has 0 spiro atoms. The van der Waals surface area contributed by atoms with Crippen LogP contribution in [0.25, 0.3) is 0 Å². The second-order valence-electron chi connectivity index (χ2n) is 4.55. The molecule has 2 rings (SSSR count). The van der Waals surface area contributed by atoms with E-state index in [1.54, 1.807) is 18.7 Å². The molecule has 0 bridgehead atoms. The fourth-order valence-electron chi connectivity index (χ4n) is 1.76. The van der Waals surface area contributed by atoms with Crippen molar-refractivity contribution >= 4 is 23.4 Å². The molecule has 2 aromatic carbocycles. The average Bonchev–Trinajstić information content (AvgIpc) is 2.41. The topological polar surface area (TPSA) is 49.3 Å². The average molecular weight is 287 g/mol. The van der Waals surface area contributed by atoms with Gasteiger partial charge in [0.25, 0.3) is 0 Å². The normalized spacial score (nSPS) is 11.9. The van der Waals surface area contributed by atoms with Crippen molar-refractivity contribution in [3.8, 4) is 0 Å². The monoisotopic (exact) mass is 287 g/mol. The molecule has 0 aliphatic carbocycles. The summed E-state index contributed by atoms with van der Waals surface area (Å²) in [6.45, 7) is 3.25. The predicted molar refractivity (Wildman–Crippen MR) is 81.9 cm³/mol. The van der Waals surface area contributed by atoms with E-state index in [0.717, 1.165) is 21.0 Å². The fraction of sp³-hybridized carbons (Fsp3) is 0.188. The Labute approximate surface area is 123 Å². The molecule has 0 aliphatic rings. The SMILES string of the molecule is CC(=O)Nc1ccc(Sc2ccc([C@@H](C)O)cc2)cc1. The number of anilines is 1. The van der Waals surface area contributed by atoms with Crippen LogP contribution in [-0.2, 0) is 4.79 Å². The van der Waals surface area contributed by atoms with E-state index in [1.165, 1.54) is 6.92 Å². The third-order valence-corrected chi connectivity index (χ3v) is 3.79. The first kappa shape index (κ1) is 14.6. The van der Waals surface area contributed by atoms with Crippen LogP contribution in [0.15, 0.2) is 58.3 Å². The van der Waals surface area contributed by atoms with Crippen LogP contribution in [0.4, 0.5) is 5.69 Å². The molecule has 0 saturated carbocycles. The molecule has 1 atom stereocenters. The molecular weight excluding hydrogens is 270 g/mol. The Kier molecular flexibility index (Phi) is 4.82. The van der Waals surface area contributed by atoms with Gasteiger partial charge >= 0.3 is 0 Å². The van der Waals surface area contributed by atoms with Crippen LogP contribution in [-0.4, -0.2) is 11.0 Å². The van der Waals surface area contributed by atoms with Crippen molar-refractivity contribution in [3.05, 3.63) is 54.1 Å². The summed E-state index contributed by atoms with van der Waals surface area (Å²) >= 11 is 1.64. The molecule has 2 N–H and O–H groups in total. The first-order chi connectivity index (χ1) is 9.54. The molecule has 0 heterocycles. The molecule has 0 unspecified atom stereocenters. The van der Waals surface area contributed by atoms with Gasteiger partial charge in [-0.05, 0) is 48.9 Å². The van der Waals surface area contributed by atoms with E-state index in [4.69, 9.17) is 0 Å². The van der Waals surface area contributed by atoms with Crippen LogP contribution in [0.3, 0.4) is 0 Å². The molecule has 0 aromatic heterocycles. The van der Waals surface area contributed by atoms with Gasteiger partial charge in [-0.2, -0.15) is 0 Å². The van der Waals surface area contributed by atoms with E-state index in [9.17, 15) is 9.90 Å². The molecule has 3 nitrogen and oxygen atoms in total. The number of carbonyl (C=O) groups excluding carboxylic acids is 1. The number of hydrogen-bond acceptors (Lipinski definition) is 3. The highest BCUT2D eigenvalue weighted by atomic mass is 32.2. The molecule has 0 fully saturated rings. The van der Waals surface area contributed by atoms with Crippen molar-refractivity contribution < 1.29 is 9.90 Å². The first-order valence-electron chi connectivity index (χ1n) is 6.38. The van der Waals surface area contributed by atoms with Crippen molar-refractivity contribution in [3.63, 3.8) is 0 Å². The second-order valence-corrected chi connectivity index (χ2v) is 5.70. The highest BCUT2D eigenvalue weighted by Gasteiger charge is 2.02. The van der Waals surface area contributed by atoms with E-state index in [-0.39, 0.29) is 5.91 Å². The molecule has 20 heavy (non-hydrogen) atoms. The number of nitrogens with one attached hydrogen (secondary N) is 1. The van der Waals surface area contributed by atoms with E-state index in [2.05, 4.69) is 5.32 Å². The summed E-state index contributed by atoms with van der Waals surface area (Å²) in [5, 5.41) is 12.2. The van der Waals surface area contributed by atoms with E-state index < -0.39 is 6.10 Å². The summed E-state index contributed by atoms with van der Waals surface area (Å²) in [5.74, 6) is -0.0703. The minimum absolute atomic E-state index is 0.0703. The van der Waals surface area contributed by atoms with Crippen LogP contribution in [0.2, 0.25) is 0 Å². The Morgan fingerprint density at radius 3 is 2.00 bits per heavy atom. The zero-order valence-corrected chi connectivity index (χ0v) is 12.3. The minimum Gasteiger partial charge on any atom is -0.389 e. The van der Waals surface area contributed by atoms with Gasteiger partial charge in [-0.15, -0.1) is 0 Å². The van der Waals surface area contributed by atoms with Crippen molar-refractivity contribution in [2.45, 2.75) is 29.7 Å². The largest absolute Gasteiger partial charge is 0.389 e. The second kappa shape index (κ2) is 6.59. The number of aliphatic hydroxyl groups excluding tert-OH is 1. The standard InChI is InChI=1S/C16H17NO2S/c1-11(18)13-3-7-15(8-4-13)20-16-9-5-14(6-10-16)17-12(2)19/h3-11,18H,1-2H3,(H,17,19)/t11-/m1/s1. The van der Waals surface area contributed by atoms with Crippen LogP contribution in [0.5, 0.6) is 0 Å². The summed E-state index contributed by atoms with van der Waals surface area (Å²) in [5.41, 5.74) is 1.71. The van der Waals surface area contributed by atoms with Crippen LogP contribution in [0, 0.1) is 0 Å². The highest BCUT2D eigenvalue weighted by Crippen LogP contribution is 2.29. The maximum absolute atomic E-state index is 10.9. The van der Waals surface area contributed by atoms with Crippen molar-refractivity contribution in [2.75, 3.05) is 5.32 Å². The number of carbonyl (C=O) groups is 1. The molecule has 1 amide bonds. The lowest BCUT2D eigenvalue weighted by molar-refractivity contribution is -0.114. The lowest BCUT2D eigenvalue weighted by atomic mass is 10.1. The van der Waals surface area contributed by atoms with Gasteiger partial charge < -0.3 is 10.4 Å². The predicted octanol–water partition coefficient (Wildman–Crippen LogP) is 3.85. The zero-order valence-electron chi connectivity index (χ0n) is 11.5. The molecule has 0 saturated heterocycles. The van der Waals surface area contributed by atoms with Gasteiger partial charge in [0, 0.05) is 22.4 Å². The fourth-order valence-corrected chi connectivity index (χ4v) is 2.58. The van der Waals surface area contributed by atoms with E-state index >= 15 is 0 Å². The molecule has 4 heteroatoms. The van der Waals surface area contributed by atoms with Gasteiger partial charge in [0.2, 0.25) is 5.91 Å². The molecule has 0 radical (unpaired) electrons. The lowest BCUT2D eigenvalue weighted by Gasteiger charge is -2.07. The Balaban J connectivity index is 2.04. The highest BCUT2D eigenvalue weighted by molar-refractivity contribution is 7.99. The zero-order chi connectivity index (χ0) is 14.5. The van der Waals surface area contributed by atoms with Gasteiger partial charge in [0.05, 0.1) is 6.10 Å². The quantitative estimate of drug-likeness (QED) is 0.898. The maximum Gasteiger partial charge on any atom is 0.221 e. The summed E-state index contributed by atoms with van der Waals surface area (Å²) in [6, 6.07) is 15.6. The van der Waals surface area contributed by atoms with Gasteiger partial charge in [-0.3, -0.25) is 4.79 Å². The smallest absolute Gasteiger partial charge is 0.221 e. The molecule has 0 aliphatic heterocycles. The number of amides is 1. The summed E-state index contributed by atoms with van der Waals surface area (Å²) < 4.78 is 0. The number of rotatable bonds is 4. The Hall–Kier alpha value is -1.78. The van der Waals surface area contributed by atoms with Crippen molar-refractivity contribution in [2.24, 2.45) is 0 Å². The van der Waals surface area contributed by atoms with E-state index in [0.29, 0.717) is 0 Å². The van der Waals surface area contributed by atoms with Crippen LogP contribution >= 0.6 is 11.8 Å². The Bertz CT molecular complexity index is 576. The maximum atomic E-state index is 10.9. The number of benzene rings is 2. The summed E-state index contributed by atoms with van der Waals surface area (Å²) in [7, 11) is 0. The summed E-state index contributed by atoms with van der Waals surface area (Å²) in [6.07, 6.45) is -0.439. The van der Waals surface area contributed by atoms with Gasteiger partial charge in [-0.25, -0.2) is 0 Å². The van der Waals surface area contributed by atoms with Crippen LogP contribution in [0.1, 0.15) is 25.5 Å². The third-order valence-electron chi connectivity index (χ3n) is 2.77. The van der Waals surface area contributed by atoms with Gasteiger partial charge in [-0.1, -0.05) is 23.9 Å². The van der Waals surface area contributed by atoms with Crippen molar-refractivity contribution in [1.82, 2.24) is 0 Å². The number of hydrogen-bond donors (Lipinski definition) is 2. The Morgan fingerprint density at radius 1 is 1.05 bits per heavy atom.